The lowest BCUT2D eigenvalue weighted by molar-refractivity contribution is 0.00578. The number of hydrogen-bond acceptors (Lipinski definition) is 5. The van der Waals surface area contributed by atoms with Gasteiger partial charge >= 0.3 is 7.12 Å². The summed E-state index contributed by atoms with van der Waals surface area (Å²) in [6.07, 6.45) is 0. The van der Waals surface area contributed by atoms with E-state index < -0.39 is 18.3 Å². The summed E-state index contributed by atoms with van der Waals surface area (Å²) in [6, 6.07) is 54.3. The molecule has 1 aromatic heterocycles. The number of benzene rings is 6. The van der Waals surface area contributed by atoms with Gasteiger partial charge in [-0.25, -0.2) is 15.0 Å². The molecule has 1 aliphatic heterocycles. The van der Waals surface area contributed by atoms with Crippen LogP contribution in [0.25, 0.3) is 67.5 Å². The zero-order chi connectivity index (χ0) is 35.0. The third-order valence-corrected chi connectivity index (χ3v) is 10.0. The molecule has 6 heteroatoms. The van der Waals surface area contributed by atoms with Crippen LogP contribution < -0.4 is 5.46 Å². The van der Waals surface area contributed by atoms with Gasteiger partial charge in [-0.15, -0.1) is 0 Å². The number of hydrogen-bond donors (Lipinski definition) is 0. The Kier molecular flexibility index (Phi) is 8.43. The van der Waals surface area contributed by atoms with Gasteiger partial charge in [0.05, 0.1) is 11.2 Å². The van der Waals surface area contributed by atoms with Gasteiger partial charge in [0, 0.05) is 16.7 Å². The van der Waals surface area contributed by atoms with Crippen LogP contribution >= 0.6 is 0 Å². The first kappa shape index (κ1) is 32.5. The average Bonchev–Trinajstić information content (AvgIpc) is 3.41. The molecule has 1 aliphatic rings. The lowest BCUT2D eigenvalue weighted by Crippen LogP contribution is -2.41. The fourth-order valence-corrected chi connectivity index (χ4v) is 6.51. The summed E-state index contributed by atoms with van der Waals surface area (Å²) in [6.45, 7) is 8.34. The molecular weight excluding hydrogens is 625 g/mol. The second kappa shape index (κ2) is 13.2. The van der Waals surface area contributed by atoms with E-state index in [1.807, 2.05) is 60.7 Å². The third-order valence-electron chi connectivity index (χ3n) is 10.0. The molecular formula is C45H38BN3O2. The van der Waals surface area contributed by atoms with E-state index in [9.17, 15) is 0 Å². The first-order chi connectivity index (χ1) is 24.8. The van der Waals surface area contributed by atoms with Gasteiger partial charge < -0.3 is 9.31 Å². The summed E-state index contributed by atoms with van der Waals surface area (Å²) in [5, 5.41) is 0. The number of aromatic nitrogens is 3. The van der Waals surface area contributed by atoms with Crippen LogP contribution in [0.5, 0.6) is 0 Å². The van der Waals surface area contributed by atoms with Crippen molar-refractivity contribution in [1.82, 2.24) is 15.0 Å². The molecule has 0 amide bonds. The Balaban J connectivity index is 1.31. The molecule has 51 heavy (non-hydrogen) atoms. The maximum atomic E-state index is 6.72. The molecule has 7 aromatic rings. The van der Waals surface area contributed by atoms with Crippen LogP contribution in [0.3, 0.4) is 0 Å². The van der Waals surface area contributed by atoms with E-state index in [1.165, 1.54) is 11.1 Å². The van der Waals surface area contributed by atoms with Gasteiger partial charge in [0.1, 0.15) is 0 Å². The molecule has 0 unspecified atom stereocenters. The number of nitrogens with zero attached hydrogens (tertiary/aromatic N) is 3. The van der Waals surface area contributed by atoms with Gasteiger partial charge in [-0.1, -0.05) is 152 Å². The molecule has 0 aliphatic carbocycles. The van der Waals surface area contributed by atoms with Gasteiger partial charge in [0.2, 0.25) is 0 Å². The highest BCUT2D eigenvalue weighted by Gasteiger charge is 2.52. The highest BCUT2D eigenvalue weighted by atomic mass is 16.7. The molecule has 0 saturated carbocycles. The average molecular weight is 664 g/mol. The Hall–Kier alpha value is -5.69. The summed E-state index contributed by atoms with van der Waals surface area (Å²) in [7, 11) is -0.608. The van der Waals surface area contributed by atoms with Gasteiger partial charge in [-0.3, -0.25) is 0 Å². The highest BCUT2D eigenvalue weighted by Crippen LogP contribution is 2.40. The van der Waals surface area contributed by atoms with E-state index in [0.717, 1.165) is 44.4 Å². The maximum Gasteiger partial charge on any atom is 0.495 e. The van der Waals surface area contributed by atoms with E-state index in [2.05, 4.69) is 125 Å². The molecule has 8 rings (SSSR count). The maximum absolute atomic E-state index is 6.72. The van der Waals surface area contributed by atoms with Crippen LogP contribution in [0.2, 0.25) is 0 Å². The van der Waals surface area contributed by atoms with Crippen molar-refractivity contribution in [2.24, 2.45) is 0 Å². The minimum atomic E-state index is -0.608. The number of rotatable bonds is 7. The Morgan fingerprint density at radius 3 is 1.25 bits per heavy atom. The second-order valence-electron chi connectivity index (χ2n) is 13.9. The van der Waals surface area contributed by atoms with Crippen LogP contribution in [-0.4, -0.2) is 33.3 Å². The van der Waals surface area contributed by atoms with Crippen molar-refractivity contribution < 1.29 is 9.31 Å². The van der Waals surface area contributed by atoms with E-state index >= 15 is 0 Å². The van der Waals surface area contributed by atoms with Gasteiger partial charge in [-0.05, 0) is 72.6 Å². The summed E-state index contributed by atoms with van der Waals surface area (Å²) in [5.41, 5.74) is 9.31. The molecule has 1 fully saturated rings. The Bertz CT molecular complexity index is 2240. The molecule has 0 atom stereocenters. The topological polar surface area (TPSA) is 57.1 Å². The molecule has 6 aromatic carbocycles. The summed E-state index contributed by atoms with van der Waals surface area (Å²) in [5.74, 6) is 1.81. The normalized spacial score (nSPS) is 14.8. The van der Waals surface area contributed by atoms with E-state index in [-0.39, 0.29) is 0 Å². The fraction of sp³-hybridized carbons (Fsp3) is 0.133. The SMILES string of the molecule is CC1(C)OB(c2cc(-c3nc(-c4ccccc4)nc(-c4ccccc4)n3)ccc2-c2ccc(-c3ccccc3)c(-c3ccccc3)c2)OC1(C)C. The quantitative estimate of drug-likeness (QED) is 0.159. The van der Waals surface area contributed by atoms with E-state index in [0.29, 0.717) is 17.5 Å². The summed E-state index contributed by atoms with van der Waals surface area (Å²) >= 11 is 0. The van der Waals surface area contributed by atoms with Crippen LogP contribution in [0.1, 0.15) is 27.7 Å². The second-order valence-corrected chi connectivity index (χ2v) is 13.9. The zero-order valence-electron chi connectivity index (χ0n) is 29.2. The largest absolute Gasteiger partial charge is 0.495 e. The minimum Gasteiger partial charge on any atom is -0.399 e. The third kappa shape index (κ3) is 6.40. The van der Waals surface area contributed by atoms with Crippen molar-refractivity contribution in [3.8, 4) is 67.5 Å². The first-order valence-electron chi connectivity index (χ1n) is 17.4. The van der Waals surface area contributed by atoms with Crippen LogP contribution in [0.15, 0.2) is 158 Å². The molecule has 5 nitrogen and oxygen atoms in total. The first-order valence-corrected chi connectivity index (χ1v) is 17.4. The smallest absolute Gasteiger partial charge is 0.399 e. The highest BCUT2D eigenvalue weighted by molar-refractivity contribution is 6.64. The molecule has 2 heterocycles. The van der Waals surface area contributed by atoms with Gasteiger partial charge in [-0.2, -0.15) is 0 Å². The van der Waals surface area contributed by atoms with Crippen molar-refractivity contribution in [1.29, 1.82) is 0 Å². The van der Waals surface area contributed by atoms with E-state index in [1.54, 1.807) is 0 Å². The van der Waals surface area contributed by atoms with Gasteiger partial charge in [0.25, 0.3) is 0 Å². The van der Waals surface area contributed by atoms with Crippen molar-refractivity contribution in [3.05, 3.63) is 158 Å². The monoisotopic (exact) mass is 663 g/mol. The molecule has 0 spiro atoms. The molecule has 0 N–H and O–H groups in total. The predicted octanol–water partition coefficient (Wildman–Crippen LogP) is 10.2. The Morgan fingerprint density at radius 2 is 0.765 bits per heavy atom. The predicted molar refractivity (Wildman–Crippen MR) is 208 cm³/mol. The molecule has 0 radical (unpaired) electrons. The summed E-state index contributed by atoms with van der Waals surface area (Å²) < 4.78 is 13.4. The van der Waals surface area contributed by atoms with Crippen molar-refractivity contribution in [2.45, 2.75) is 38.9 Å². The lowest BCUT2D eigenvalue weighted by Gasteiger charge is -2.32. The zero-order valence-corrected chi connectivity index (χ0v) is 29.2. The van der Waals surface area contributed by atoms with Crippen LogP contribution in [0.4, 0.5) is 0 Å². The van der Waals surface area contributed by atoms with E-state index in [4.69, 9.17) is 24.3 Å². The summed E-state index contributed by atoms with van der Waals surface area (Å²) in [4.78, 5) is 14.9. The molecule has 1 saturated heterocycles. The lowest BCUT2D eigenvalue weighted by atomic mass is 9.73. The van der Waals surface area contributed by atoms with Crippen LogP contribution in [-0.2, 0) is 9.31 Å². The standard InChI is InChI=1S/C45H38BN3O2/c1-44(2)45(3,4)51-46(50-44)40-30-36(43-48-41(33-21-13-7-14-22-33)47-42(49-43)34-23-15-8-16-24-34)26-28-38(40)35-25-27-37(31-17-9-5-10-18-31)39(29-35)32-19-11-6-12-20-32/h5-30H,1-4H3. The van der Waals surface area contributed by atoms with Crippen molar-refractivity contribution in [3.63, 3.8) is 0 Å². The van der Waals surface area contributed by atoms with Gasteiger partial charge in [0.15, 0.2) is 17.5 Å². The van der Waals surface area contributed by atoms with Crippen molar-refractivity contribution >= 4 is 12.6 Å². The Labute approximate surface area is 300 Å². The molecule has 248 valence electrons. The minimum absolute atomic E-state index is 0.522. The van der Waals surface area contributed by atoms with Crippen molar-refractivity contribution in [2.75, 3.05) is 0 Å². The van der Waals surface area contributed by atoms with Crippen LogP contribution in [0, 0.1) is 0 Å². The fourth-order valence-electron chi connectivity index (χ4n) is 6.51. The molecule has 0 bridgehead atoms. The Morgan fingerprint density at radius 1 is 0.373 bits per heavy atom.